The third-order valence-corrected chi connectivity index (χ3v) is 1.03. The second kappa shape index (κ2) is 12.5. The van der Waals surface area contributed by atoms with Gasteiger partial charge in [-0.25, -0.2) is 9.78 Å². The van der Waals surface area contributed by atoms with Crippen LogP contribution < -0.4 is 0 Å². The van der Waals surface area contributed by atoms with Crippen molar-refractivity contribution >= 4 is 0 Å². The van der Waals surface area contributed by atoms with Crippen molar-refractivity contribution in [1.29, 1.82) is 0 Å². The van der Waals surface area contributed by atoms with Crippen molar-refractivity contribution in [1.82, 2.24) is 0 Å². The summed E-state index contributed by atoms with van der Waals surface area (Å²) in [6.07, 6.45) is -1.98. The normalized spacial score (nSPS) is 14.0. The zero-order chi connectivity index (χ0) is 11.4. The average molecular weight is 210 g/mol. The molecule has 0 aromatic rings. The van der Waals surface area contributed by atoms with Crippen molar-refractivity contribution in [3.05, 3.63) is 13.2 Å². The van der Waals surface area contributed by atoms with Gasteiger partial charge in [0.2, 0.25) is 0 Å². The van der Waals surface area contributed by atoms with E-state index in [9.17, 15) is 0 Å². The molecule has 0 aliphatic rings. The number of hydrogen-bond acceptors (Lipinski definition) is 6. The maximum Gasteiger partial charge on any atom is 0.110 e. The summed E-state index contributed by atoms with van der Waals surface area (Å²) in [4.78, 5) is 8.76. The molecule has 0 aromatic carbocycles. The number of aliphatic hydroxyl groups excluding tert-OH is 4. The minimum Gasteiger partial charge on any atom is -0.394 e. The molecule has 0 saturated heterocycles. The van der Waals surface area contributed by atoms with Gasteiger partial charge in [0, 0.05) is 0 Å². The van der Waals surface area contributed by atoms with Gasteiger partial charge in [0.05, 0.1) is 13.2 Å². The molecule has 6 nitrogen and oxygen atoms in total. The molecule has 0 bridgehead atoms. The van der Waals surface area contributed by atoms with E-state index in [4.69, 9.17) is 20.4 Å². The van der Waals surface area contributed by atoms with Gasteiger partial charge in [-0.1, -0.05) is 0 Å². The maximum absolute atomic E-state index is 8.71. The summed E-state index contributed by atoms with van der Waals surface area (Å²) in [5.41, 5.74) is 0. The second-order valence-corrected chi connectivity index (χ2v) is 2.24. The lowest BCUT2D eigenvalue weighted by Gasteiger charge is -2.09. The van der Waals surface area contributed by atoms with Gasteiger partial charge in [-0.05, 0) is 0 Å². The molecule has 6 heteroatoms. The Kier molecular flexibility index (Phi) is 14.2. The predicted octanol–water partition coefficient (Wildman–Crippen LogP) is -1.56. The van der Waals surface area contributed by atoms with Crippen molar-refractivity contribution in [2.24, 2.45) is 0 Å². The van der Waals surface area contributed by atoms with Crippen LogP contribution in [-0.2, 0) is 9.78 Å². The summed E-state index contributed by atoms with van der Waals surface area (Å²) in [7, 11) is 0. The molecule has 0 aliphatic heterocycles. The van der Waals surface area contributed by atoms with E-state index in [1.807, 2.05) is 0 Å². The van der Waals surface area contributed by atoms with Crippen LogP contribution in [0.25, 0.3) is 0 Å². The van der Waals surface area contributed by atoms with Crippen molar-refractivity contribution < 1.29 is 30.2 Å². The van der Waals surface area contributed by atoms with Gasteiger partial charge in [-0.2, -0.15) is 0 Å². The Bertz CT molecular complexity index is 98.0. The number of hydrogen-bond donors (Lipinski definition) is 4. The molecule has 86 valence electrons. The summed E-state index contributed by atoms with van der Waals surface area (Å²) in [5, 5.41) is 34.1. The summed E-state index contributed by atoms with van der Waals surface area (Å²) in [5.74, 6) is 0. The Labute approximate surface area is 82.9 Å². The van der Waals surface area contributed by atoms with E-state index in [-0.39, 0.29) is 13.2 Å². The van der Waals surface area contributed by atoms with Gasteiger partial charge in [0.25, 0.3) is 0 Å². The lowest BCUT2D eigenvalue weighted by Crippen LogP contribution is -2.23. The SMILES string of the molecule is C=C.OCC(O)COOCC(O)CO. The molecular weight excluding hydrogens is 192 g/mol. The molecule has 0 fully saturated rings. The zero-order valence-electron chi connectivity index (χ0n) is 8.00. The molecule has 0 heterocycles. The van der Waals surface area contributed by atoms with Crippen molar-refractivity contribution in [3.63, 3.8) is 0 Å². The van der Waals surface area contributed by atoms with Crippen LogP contribution in [0.1, 0.15) is 0 Å². The first-order valence-electron chi connectivity index (χ1n) is 4.03. The summed E-state index contributed by atoms with van der Waals surface area (Å²) in [6, 6.07) is 0. The number of rotatable bonds is 7. The topological polar surface area (TPSA) is 99.4 Å². The second-order valence-electron chi connectivity index (χ2n) is 2.24. The monoisotopic (exact) mass is 210 g/mol. The Balaban J connectivity index is 0. The van der Waals surface area contributed by atoms with Crippen LogP contribution in [-0.4, -0.2) is 59.1 Å². The van der Waals surface area contributed by atoms with Crippen LogP contribution in [0.3, 0.4) is 0 Å². The van der Waals surface area contributed by atoms with E-state index in [0.29, 0.717) is 0 Å². The average Bonchev–Trinajstić information content (AvgIpc) is 2.26. The molecular formula is C8H18O6. The molecule has 14 heavy (non-hydrogen) atoms. The van der Waals surface area contributed by atoms with Crippen molar-refractivity contribution in [3.8, 4) is 0 Å². The van der Waals surface area contributed by atoms with E-state index in [1.165, 1.54) is 0 Å². The van der Waals surface area contributed by atoms with Crippen LogP contribution in [0.15, 0.2) is 13.2 Å². The summed E-state index contributed by atoms with van der Waals surface area (Å²) < 4.78 is 0. The van der Waals surface area contributed by atoms with Crippen molar-refractivity contribution in [2.75, 3.05) is 26.4 Å². The third-order valence-electron chi connectivity index (χ3n) is 1.03. The van der Waals surface area contributed by atoms with Gasteiger partial charge in [0.1, 0.15) is 25.4 Å². The van der Waals surface area contributed by atoms with E-state index >= 15 is 0 Å². The minimum atomic E-state index is -0.990. The Morgan fingerprint density at radius 2 is 1.14 bits per heavy atom. The van der Waals surface area contributed by atoms with Gasteiger partial charge < -0.3 is 20.4 Å². The van der Waals surface area contributed by atoms with Gasteiger partial charge in [-0.3, -0.25) is 0 Å². The van der Waals surface area contributed by atoms with Crippen LogP contribution in [0.5, 0.6) is 0 Å². The smallest absolute Gasteiger partial charge is 0.110 e. The van der Waals surface area contributed by atoms with E-state index < -0.39 is 25.4 Å². The van der Waals surface area contributed by atoms with Crippen LogP contribution >= 0.6 is 0 Å². The molecule has 0 saturated carbocycles. The molecule has 0 radical (unpaired) electrons. The standard InChI is InChI=1S/C6H14O6.C2H4/c7-1-5(9)3-11-12-4-6(10)2-8;1-2/h5-10H,1-4H2;1-2H2. The fourth-order valence-electron chi connectivity index (χ4n) is 0.359. The first-order valence-corrected chi connectivity index (χ1v) is 4.03. The predicted molar refractivity (Wildman–Crippen MR) is 49.3 cm³/mol. The first kappa shape index (κ1) is 15.9. The third kappa shape index (κ3) is 11.5. The molecule has 0 spiro atoms. The van der Waals surface area contributed by atoms with E-state index in [2.05, 4.69) is 22.9 Å². The number of aliphatic hydroxyl groups is 4. The van der Waals surface area contributed by atoms with Gasteiger partial charge >= 0.3 is 0 Å². The van der Waals surface area contributed by atoms with Crippen LogP contribution in [0.2, 0.25) is 0 Å². The first-order chi connectivity index (χ1) is 6.70. The fraction of sp³-hybridized carbons (Fsp3) is 0.750. The highest BCUT2D eigenvalue weighted by Gasteiger charge is 2.04. The summed E-state index contributed by atoms with van der Waals surface area (Å²) in [6.45, 7) is 4.83. The largest absolute Gasteiger partial charge is 0.394 e. The lowest BCUT2D eigenvalue weighted by molar-refractivity contribution is -0.316. The highest BCUT2D eigenvalue weighted by Crippen LogP contribution is 1.88. The molecule has 2 atom stereocenters. The lowest BCUT2D eigenvalue weighted by atomic mass is 10.4. The Morgan fingerprint density at radius 3 is 1.36 bits per heavy atom. The van der Waals surface area contributed by atoms with Crippen LogP contribution in [0.4, 0.5) is 0 Å². The van der Waals surface area contributed by atoms with E-state index in [0.717, 1.165) is 0 Å². The fourth-order valence-corrected chi connectivity index (χ4v) is 0.359. The van der Waals surface area contributed by atoms with Crippen LogP contribution in [0, 0.1) is 0 Å². The zero-order valence-corrected chi connectivity index (χ0v) is 8.00. The summed E-state index contributed by atoms with van der Waals surface area (Å²) >= 11 is 0. The Morgan fingerprint density at radius 1 is 0.857 bits per heavy atom. The molecule has 0 aromatic heterocycles. The molecule has 0 amide bonds. The van der Waals surface area contributed by atoms with Crippen molar-refractivity contribution in [2.45, 2.75) is 12.2 Å². The van der Waals surface area contributed by atoms with Gasteiger partial charge in [-0.15, -0.1) is 13.2 Å². The highest BCUT2D eigenvalue weighted by atomic mass is 17.2. The quantitative estimate of drug-likeness (QED) is 0.176. The molecule has 0 rings (SSSR count). The molecule has 4 N–H and O–H groups in total. The minimum absolute atomic E-state index is 0.172. The maximum atomic E-state index is 8.71. The highest BCUT2D eigenvalue weighted by molar-refractivity contribution is 4.48. The van der Waals surface area contributed by atoms with E-state index in [1.54, 1.807) is 0 Å². The molecule has 2 unspecified atom stereocenters. The molecule has 0 aliphatic carbocycles. The Hall–Kier alpha value is -0.500. The van der Waals surface area contributed by atoms with Gasteiger partial charge in [0.15, 0.2) is 0 Å².